The van der Waals surface area contributed by atoms with Crippen molar-refractivity contribution in [1.82, 2.24) is 5.32 Å². The lowest BCUT2D eigenvalue weighted by Gasteiger charge is -2.19. The highest BCUT2D eigenvalue weighted by atomic mass is 35.5. The Kier molecular flexibility index (Phi) is 6.96. The van der Waals surface area contributed by atoms with Crippen LogP contribution in [-0.2, 0) is 10.0 Å². The summed E-state index contributed by atoms with van der Waals surface area (Å²) >= 11 is 6.33. The third kappa shape index (κ3) is 5.31. The second-order valence-electron chi connectivity index (χ2n) is 8.10. The van der Waals surface area contributed by atoms with Gasteiger partial charge in [-0.05, 0) is 87.2 Å². The van der Waals surface area contributed by atoms with Crippen LogP contribution in [0.15, 0.2) is 59.5 Å². The summed E-state index contributed by atoms with van der Waals surface area (Å²) in [5.41, 5.74) is 6.04. The fourth-order valence-electron chi connectivity index (χ4n) is 3.50. The monoisotopic (exact) mass is 470 g/mol. The maximum Gasteiger partial charge on any atom is 0.261 e. The first-order valence-corrected chi connectivity index (χ1v) is 12.1. The summed E-state index contributed by atoms with van der Waals surface area (Å²) in [5, 5.41) is 3.14. The molecule has 1 atom stereocenters. The van der Waals surface area contributed by atoms with Crippen LogP contribution in [0.4, 0.5) is 5.69 Å². The number of carbonyl (C=O) groups excluding carboxylic acids is 1. The highest BCUT2D eigenvalue weighted by Gasteiger charge is 2.18. The number of benzene rings is 3. The molecule has 7 heteroatoms. The number of halogens is 1. The molecule has 5 nitrogen and oxygen atoms in total. The van der Waals surface area contributed by atoms with Gasteiger partial charge in [-0.2, -0.15) is 0 Å². The quantitative estimate of drug-likeness (QED) is 0.473. The maximum atomic E-state index is 12.8. The zero-order valence-corrected chi connectivity index (χ0v) is 20.4. The van der Waals surface area contributed by atoms with Gasteiger partial charge in [0.25, 0.3) is 15.9 Å². The van der Waals surface area contributed by atoms with Gasteiger partial charge in [0.15, 0.2) is 0 Å². The van der Waals surface area contributed by atoms with Crippen molar-refractivity contribution in [3.8, 4) is 0 Å². The molecule has 0 aliphatic heterocycles. The molecule has 0 aliphatic carbocycles. The van der Waals surface area contributed by atoms with E-state index in [-0.39, 0.29) is 33.1 Å². The number of rotatable bonds is 6. The zero-order valence-electron chi connectivity index (χ0n) is 18.8. The van der Waals surface area contributed by atoms with Crippen molar-refractivity contribution in [3.05, 3.63) is 93.0 Å². The minimum atomic E-state index is -3.76. The van der Waals surface area contributed by atoms with E-state index in [0.29, 0.717) is 0 Å². The molecule has 0 saturated heterocycles. The molecule has 0 radical (unpaired) electrons. The molecule has 0 saturated carbocycles. The van der Waals surface area contributed by atoms with Crippen molar-refractivity contribution in [2.75, 3.05) is 4.72 Å². The maximum absolute atomic E-state index is 12.8. The number of nitrogens with one attached hydrogen (secondary N) is 2. The SMILES string of the molecule is Cc1ccc(S(=O)(=O)Nc2ccc(C(=O)N[C@H](C)c3cc(C)c(C)cc3C)c(Cl)c2)cc1. The molecule has 168 valence electrons. The van der Waals surface area contributed by atoms with Crippen molar-refractivity contribution in [3.63, 3.8) is 0 Å². The van der Waals surface area contributed by atoms with Gasteiger partial charge in [-0.1, -0.05) is 41.4 Å². The first-order chi connectivity index (χ1) is 15.0. The Morgan fingerprint density at radius 1 is 0.875 bits per heavy atom. The van der Waals surface area contributed by atoms with E-state index in [9.17, 15) is 13.2 Å². The molecule has 0 unspecified atom stereocenters. The number of carbonyl (C=O) groups is 1. The van der Waals surface area contributed by atoms with E-state index in [0.717, 1.165) is 22.3 Å². The summed E-state index contributed by atoms with van der Waals surface area (Å²) < 4.78 is 27.7. The number of hydrogen-bond donors (Lipinski definition) is 2. The van der Waals surface area contributed by atoms with Gasteiger partial charge < -0.3 is 5.32 Å². The van der Waals surface area contributed by atoms with E-state index in [1.807, 2.05) is 27.7 Å². The van der Waals surface area contributed by atoms with Gasteiger partial charge in [0.2, 0.25) is 0 Å². The molecular formula is C25H27ClN2O3S. The molecule has 0 aromatic heterocycles. The van der Waals surface area contributed by atoms with Gasteiger partial charge in [-0.3, -0.25) is 9.52 Å². The fourth-order valence-corrected chi connectivity index (χ4v) is 4.81. The molecule has 0 spiro atoms. The Bertz CT molecular complexity index is 1270. The summed E-state index contributed by atoms with van der Waals surface area (Å²) in [6, 6.07) is 15.0. The summed E-state index contributed by atoms with van der Waals surface area (Å²) in [5.74, 6) is -0.326. The topological polar surface area (TPSA) is 75.3 Å². The van der Waals surface area contributed by atoms with Crippen LogP contribution in [0.3, 0.4) is 0 Å². The average Bonchev–Trinajstić information content (AvgIpc) is 2.70. The second-order valence-corrected chi connectivity index (χ2v) is 10.2. The third-order valence-corrected chi connectivity index (χ3v) is 7.20. The molecule has 0 fully saturated rings. The highest BCUT2D eigenvalue weighted by molar-refractivity contribution is 7.92. The number of hydrogen-bond acceptors (Lipinski definition) is 3. The van der Waals surface area contributed by atoms with Crippen LogP contribution < -0.4 is 10.0 Å². The van der Waals surface area contributed by atoms with E-state index in [1.165, 1.54) is 35.9 Å². The fraction of sp³-hybridized carbons (Fsp3) is 0.240. The van der Waals surface area contributed by atoms with E-state index in [2.05, 4.69) is 29.1 Å². The van der Waals surface area contributed by atoms with Crippen LogP contribution in [0, 0.1) is 27.7 Å². The van der Waals surface area contributed by atoms with Crippen LogP contribution in [0.2, 0.25) is 5.02 Å². The Morgan fingerprint density at radius 3 is 2.12 bits per heavy atom. The average molecular weight is 471 g/mol. The van der Waals surface area contributed by atoms with Gasteiger partial charge in [0.05, 0.1) is 27.2 Å². The van der Waals surface area contributed by atoms with E-state index >= 15 is 0 Å². The summed E-state index contributed by atoms with van der Waals surface area (Å²) in [4.78, 5) is 13.0. The molecule has 1 amide bonds. The molecular weight excluding hydrogens is 444 g/mol. The van der Waals surface area contributed by atoms with Crippen LogP contribution in [-0.4, -0.2) is 14.3 Å². The number of anilines is 1. The van der Waals surface area contributed by atoms with Crippen molar-refractivity contribution >= 4 is 33.2 Å². The largest absolute Gasteiger partial charge is 0.345 e. The first kappa shape index (κ1) is 23.8. The minimum absolute atomic E-state index is 0.152. The first-order valence-electron chi connectivity index (χ1n) is 10.3. The molecule has 0 bridgehead atoms. The number of sulfonamides is 1. The summed E-state index contributed by atoms with van der Waals surface area (Å²) in [7, 11) is -3.76. The van der Waals surface area contributed by atoms with Gasteiger partial charge in [0.1, 0.15) is 0 Å². The normalized spacial score (nSPS) is 12.3. The van der Waals surface area contributed by atoms with Crippen LogP contribution >= 0.6 is 11.6 Å². The predicted octanol–water partition coefficient (Wildman–Crippen LogP) is 5.87. The van der Waals surface area contributed by atoms with E-state index < -0.39 is 10.0 Å². The van der Waals surface area contributed by atoms with Crippen molar-refractivity contribution in [2.24, 2.45) is 0 Å². The Balaban J connectivity index is 1.76. The number of aryl methyl sites for hydroxylation is 4. The molecule has 2 N–H and O–H groups in total. The molecule has 0 aliphatic rings. The standard InChI is InChI=1S/C25H27ClN2O3S/c1-15-6-9-21(10-7-15)32(30,31)28-20-8-11-22(24(26)14-20)25(29)27-19(5)23-13-17(3)16(2)12-18(23)4/h6-14,19,28H,1-5H3,(H,27,29)/t19-/m1/s1. The molecule has 3 aromatic carbocycles. The minimum Gasteiger partial charge on any atom is -0.345 e. The Labute approximate surface area is 194 Å². The van der Waals surface area contributed by atoms with Gasteiger partial charge in [0, 0.05) is 0 Å². The van der Waals surface area contributed by atoms with Gasteiger partial charge in [-0.25, -0.2) is 8.42 Å². The summed E-state index contributed by atoms with van der Waals surface area (Å²) in [6.45, 7) is 9.93. The predicted molar refractivity (Wildman–Crippen MR) is 130 cm³/mol. The smallest absolute Gasteiger partial charge is 0.261 e. The second kappa shape index (κ2) is 9.35. The number of amides is 1. The summed E-state index contributed by atoms with van der Waals surface area (Å²) in [6.07, 6.45) is 0. The van der Waals surface area contributed by atoms with E-state index in [4.69, 9.17) is 11.6 Å². The molecule has 3 aromatic rings. The third-order valence-electron chi connectivity index (χ3n) is 5.49. The van der Waals surface area contributed by atoms with Crippen molar-refractivity contribution in [2.45, 2.75) is 45.6 Å². The lowest BCUT2D eigenvalue weighted by molar-refractivity contribution is 0.0940. The Hall–Kier alpha value is -2.83. The molecule has 32 heavy (non-hydrogen) atoms. The van der Waals surface area contributed by atoms with Crippen molar-refractivity contribution in [1.29, 1.82) is 0 Å². The molecule has 0 heterocycles. The van der Waals surface area contributed by atoms with Crippen LogP contribution in [0.5, 0.6) is 0 Å². The molecule has 3 rings (SSSR count). The lowest BCUT2D eigenvalue weighted by atomic mass is 9.96. The Morgan fingerprint density at radius 2 is 1.50 bits per heavy atom. The van der Waals surface area contributed by atoms with Crippen molar-refractivity contribution < 1.29 is 13.2 Å². The van der Waals surface area contributed by atoms with Crippen LogP contribution in [0.1, 0.15) is 51.1 Å². The van der Waals surface area contributed by atoms with Gasteiger partial charge in [-0.15, -0.1) is 0 Å². The zero-order chi connectivity index (χ0) is 23.6. The lowest BCUT2D eigenvalue weighted by Crippen LogP contribution is -2.27. The van der Waals surface area contributed by atoms with Crippen LogP contribution in [0.25, 0.3) is 0 Å². The van der Waals surface area contributed by atoms with Gasteiger partial charge >= 0.3 is 0 Å². The van der Waals surface area contributed by atoms with E-state index in [1.54, 1.807) is 12.1 Å². The highest BCUT2D eigenvalue weighted by Crippen LogP contribution is 2.26.